The van der Waals surface area contributed by atoms with E-state index in [4.69, 9.17) is 14.2 Å². The van der Waals surface area contributed by atoms with Gasteiger partial charge in [-0.25, -0.2) is 18.4 Å². The summed E-state index contributed by atoms with van der Waals surface area (Å²) in [5.41, 5.74) is 0. The number of nitrogens with one attached hydrogen (secondary N) is 1. The number of morpholine rings is 1. The molecule has 1 aromatic rings. The number of carbonyl (C=O) groups excluding carboxylic acids is 2. The molecule has 1 saturated heterocycles. The number of carbonyl (C=O) groups is 2. The van der Waals surface area contributed by atoms with Crippen molar-refractivity contribution in [3.8, 4) is 5.75 Å². The zero-order valence-electron chi connectivity index (χ0n) is 15.8. The number of amides is 2. The van der Waals surface area contributed by atoms with Gasteiger partial charge in [-0.2, -0.15) is 11.8 Å². The van der Waals surface area contributed by atoms with Crippen LogP contribution in [0.2, 0.25) is 0 Å². The molecule has 2 atom stereocenters. The average Bonchev–Trinajstić information content (AvgIpc) is 2.71. The number of rotatable bonds is 8. The molecular formula is C18H24F2N2O5S. The number of methoxy groups -OCH3 is 1. The second kappa shape index (κ2) is 11.1. The molecule has 1 N–H and O–H groups in total. The standard InChI is InChI=1S/C18H24F2N2O5S/c1-25-17(23)15(5-8-28-2)21-18(24)22-6-7-26-13(10-22)11-27-16-9-12(19)3-4-14(16)20/h3-4,9,13,15H,5-8,10-11H2,1-2H3,(H,21,24)/t13?,15-/m0/s1. The van der Waals surface area contributed by atoms with E-state index in [2.05, 4.69) is 5.32 Å². The van der Waals surface area contributed by atoms with Crippen LogP contribution < -0.4 is 10.1 Å². The molecule has 7 nitrogen and oxygen atoms in total. The molecule has 1 fully saturated rings. The summed E-state index contributed by atoms with van der Waals surface area (Å²) in [6.45, 7) is 0.754. The normalized spacial score (nSPS) is 17.7. The number of urea groups is 1. The van der Waals surface area contributed by atoms with Crippen LogP contribution in [0.25, 0.3) is 0 Å². The van der Waals surface area contributed by atoms with Crippen molar-refractivity contribution in [1.82, 2.24) is 10.2 Å². The molecule has 1 heterocycles. The van der Waals surface area contributed by atoms with Gasteiger partial charge in [-0.05, 0) is 30.6 Å². The van der Waals surface area contributed by atoms with Gasteiger partial charge in [0.15, 0.2) is 11.6 Å². The van der Waals surface area contributed by atoms with Crippen LogP contribution in [0, 0.1) is 11.6 Å². The molecule has 0 aliphatic carbocycles. The monoisotopic (exact) mass is 418 g/mol. The highest BCUT2D eigenvalue weighted by Crippen LogP contribution is 2.19. The smallest absolute Gasteiger partial charge is 0.328 e. The van der Waals surface area contributed by atoms with E-state index in [0.29, 0.717) is 18.7 Å². The second-order valence-corrected chi connectivity index (χ2v) is 7.12. The van der Waals surface area contributed by atoms with Crippen LogP contribution in [-0.4, -0.2) is 74.5 Å². The fraction of sp³-hybridized carbons (Fsp3) is 0.556. The van der Waals surface area contributed by atoms with E-state index < -0.39 is 35.8 Å². The van der Waals surface area contributed by atoms with Crippen LogP contribution in [-0.2, 0) is 14.3 Å². The fourth-order valence-corrected chi connectivity index (χ4v) is 3.11. The number of hydrogen-bond donors (Lipinski definition) is 1. The third kappa shape index (κ3) is 6.52. The van der Waals surface area contributed by atoms with Crippen LogP contribution in [0.5, 0.6) is 5.75 Å². The molecule has 2 rings (SSSR count). The van der Waals surface area contributed by atoms with Gasteiger partial charge in [-0.3, -0.25) is 0 Å². The van der Waals surface area contributed by atoms with Gasteiger partial charge >= 0.3 is 12.0 Å². The minimum atomic E-state index is -0.733. The van der Waals surface area contributed by atoms with Crippen molar-refractivity contribution in [1.29, 1.82) is 0 Å². The highest BCUT2D eigenvalue weighted by Gasteiger charge is 2.28. The Kier molecular flexibility index (Phi) is 8.78. The Labute approximate surface area is 166 Å². The summed E-state index contributed by atoms with van der Waals surface area (Å²) in [7, 11) is 1.27. The molecule has 1 aromatic carbocycles. The molecule has 156 valence electrons. The van der Waals surface area contributed by atoms with Crippen LogP contribution >= 0.6 is 11.8 Å². The average molecular weight is 418 g/mol. The largest absolute Gasteiger partial charge is 0.488 e. The SMILES string of the molecule is COC(=O)[C@H](CCSC)NC(=O)N1CCOC(COc2cc(F)ccc2F)C1. The molecule has 0 radical (unpaired) electrons. The van der Waals surface area contributed by atoms with Crippen molar-refractivity contribution in [2.75, 3.05) is 45.4 Å². The predicted octanol–water partition coefficient (Wildman–Crippen LogP) is 2.05. The van der Waals surface area contributed by atoms with Crippen molar-refractivity contribution in [2.45, 2.75) is 18.6 Å². The van der Waals surface area contributed by atoms with Gasteiger partial charge in [-0.1, -0.05) is 0 Å². The van der Waals surface area contributed by atoms with E-state index in [0.717, 1.165) is 18.2 Å². The third-order valence-electron chi connectivity index (χ3n) is 4.14. The summed E-state index contributed by atoms with van der Waals surface area (Å²) in [4.78, 5) is 25.8. The van der Waals surface area contributed by atoms with Crippen LogP contribution in [0.15, 0.2) is 18.2 Å². The highest BCUT2D eigenvalue weighted by atomic mass is 32.2. The first-order valence-corrected chi connectivity index (χ1v) is 10.2. The van der Waals surface area contributed by atoms with Crippen molar-refractivity contribution >= 4 is 23.8 Å². The molecule has 28 heavy (non-hydrogen) atoms. The number of thioether (sulfide) groups is 1. The Morgan fingerprint density at radius 1 is 1.43 bits per heavy atom. The van der Waals surface area contributed by atoms with Crippen molar-refractivity contribution < 1.29 is 32.6 Å². The maximum Gasteiger partial charge on any atom is 0.328 e. The highest BCUT2D eigenvalue weighted by molar-refractivity contribution is 7.98. The van der Waals surface area contributed by atoms with Crippen molar-refractivity contribution in [3.63, 3.8) is 0 Å². The molecule has 2 amide bonds. The molecule has 0 aromatic heterocycles. The Balaban J connectivity index is 1.89. The van der Waals surface area contributed by atoms with E-state index in [1.807, 2.05) is 6.26 Å². The predicted molar refractivity (Wildman–Crippen MR) is 101 cm³/mol. The quantitative estimate of drug-likeness (QED) is 0.652. The van der Waals surface area contributed by atoms with Gasteiger partial charge in [0.2, 0.25) is 0 Å². The van der Waals surface area contributed by atoms with E-state index in [1.54, 1.807) is 11.8 Å². The number of ether oxygens (including phenoxy) is 3. The Hall–Kier alpha value is -2.07. The van der Waals surface area contributed by atoms with Gasteiger partial charge in [0, 0.05) is 12.6 Å². The summed E-state index contributed by atoms with van der Waals surface area (Å²) in [6, 6.07) is 1.79. The lowest BCUT2D eigenvalue weighted by Crippen LogP contribution is -2.54. The maximum absolute atomic E-state index is 13.6. The summed E-state index contributed by atoms with van der Waals surface area (Å²) in [5.74, 6) is -1.31. The summed E-state index contributed by atoms with van der Waals surface area (Å²) >= 11 is 1.56. The zero-order valence-corrected chi connectivity index (χ0v) is 16.6. The molecule has 10 heteroatoms. The summed E-state index contributed by atoms with van der Waals surface area (Å²) in [5, 5.41) is 2.68. The van der Waals surface area contributed by atoms with Crippen molar-refractivity contribution in [3.05, 3.63) is 29.8 Å². The number of halogens is 2. The van der Waals surface area contributed by atoms with E-state index in [1.165, 1.54) is 12.0 Å². The van der Waals surface area contributed by atoms with Crippen molar-refractivity contribution in [2.24, 2.45) is 0 Å². The first-order chi connectivity index (χ1) is 13.4. The molecular weight excluding hydrogens is 394 g/mol. The topological polar surface area (TPSA) is 77.1 Å². The maximum atomic E-state index is 13.6. The van der Waals surface area contributed by atoms with E-state index >= 15 is 0 Å². The second-order valence-electron chi connectivity index (χ2n) is 6.13. The molecule has 0 saturated carbocycles. The summed E-state index contributed by atoms with van der Waals surface area (Å²) < 4.78 is 42.4. The van der Waals surface area contributed by atoms with Gasteiger partial charge in [0.1, 0.15) is 24.6 Å². The number of benzene rings is 1. The number of esters is 1. The minimum absolute atomic E-state index is 0.0446. The van der Waals surface area contributed by atoms with E-state index in [9.17, 15) is 18.4 Å². The van der Waals surface area contributed by atoms with Gasteiger partial charge in [0.25, 0.3) is 0 Å². The van der Waals surface area contributed by atoms with Crippen LogP contribution in [0.4, 0.5) is 13.6 Å². The first kappa shape index (κ1) is 22.2. The van der Waals surface area contributed by atoms with Crippen LogP contribution in [0.3, 0.4) is 0 Å². The Morgan fingerprint density at radius 3 is 2.93 bits per heavy atom. The zero-order chi connectivity index (χ0) is 20.5. The van der Waals surface area contributed by atoms with Gasteiger partial charge < -0.3 is 24.4 Å². The molecule has 0 spiro atoms. The van der Waals surface area contributed by atoms with Gasteiger partial charge in [-0.15, -0.1) is 0 Å². The molecule has 1 unspecified atom stereocenters. The minimum Gasteiger partial charge on any atom is -0.488 e. The van der Waals surface area contributed by atoms with Gasteiger partial charge in [0.05, 0.1) is 20.3 Å². The fourth-order valence-electron chi connectivity index (χ4n) is 2.64. The number of hydrogen-bond acceptors (Lipinski definition) is 6. The lowest BCUT2D eigenvalue weighted by molar-refractivity contribution is -0.143. The Bertz CT molecular complexity index is 679. The molecule has 0 bridgehead atoms. The van der Waals surface area contributed by atoms with Crippen LogP contribution in [0.1, 0.15) is 6.42 Å². The molecule has 1 aliphatic rings. The summed E-state index contributed by atoms with van der Waals surface area (Å²) in [6.07, 6.45) is 1.85. The molecule has 1 aliphatic heterocycles. The Morgan fingerprint density at radius 2 is 2.21 bits per heavy atom. The number of nitrogens with zero attached hydrogens (tertiary/aromatic N) is 1. The first-order valence-electron chi connectivity index (χ1n) is 8.76. The lowest BCUT2D eigenvalue weighted by atomic mass is 10.2. The lowest BCUT2D eigenvalue weighted by Gasteiger charge is -2.33. The van der Waals surface area contributed by atoms with E-state index in [-0.39, 0.29) is 25.5 Å². The third-order valence-corrected chi connectivity index (χ3v) is 4.78.